The van der Waals surface area contributed by atoms with Crippen LogP contribution in [0.1, 0.15) is 44.9 Å². The predicted octanol–water partition coefficient (Wildman–Crippen LogP) is 4.78. The van der Waals surface area contributed by atoms with Crippen LogP contribution in [0.3, 0.4) is 0 Å². The predicted molar refractivity (Wildman–Crippen MR) is 99.1 cm³/mol. The molecule has 0 aliphatic rings. The van der Waals surface area contributed by atoms with E-state index in [1.165, 1.54) is 0 Å². The monoisotopic (exact) mass is 356 g/mol. The molecule has 0 saturated heterocycles. The minimum Gasteiger partial charge on any atom is -0.508 e. The molecule has 0 aliphatic heterocycles. The van der Waals surface area contributed by atoms with Gasteiger partial charge >= 0.3 is 11.9 Å². The number of carbonyl (C=O) groups excluding carboxylic acids is 1. The molecule has 2 aromatic rings. The first-order valence-electron chi connectivity index (χ1n) is 8.86. The van der Waals surface area contributed by atoms with Crippen molar-refractivity contribution in [1.82, 2.24) is 0 Å². The van der Waals surface area contributed by atoms with Gasteiger partial charge in [0, 0.05) is 12.8 Å². The third kappa shape index (κ3) is 6.97. The van der Waals surface area contributed by atoms with Gasteiger partial charge in [0.1, 0.15) is 11.5 Å². The molecule has 5 nitrogen and oxygen atoms in total. The quantitative estimate of drug-likeness (QED) is 0.364. The number of hydrogen-bond donors (Lipinski definition) is 2. The number of esters is 1. The van der Waals surface area contributed by atoms with Gasteiger partial charge in [-0.2, -0.15) is 0 Å². The van der Waals surface area contributed by atoms with E-state index in [9.17, 15) is 14.7 Å². The minimum atomic E-state index is -0.759. The summed E-state index contributed by atoms with van der Waals surface area (Å²) in [5.41, 5.74) is 1.95. The summed E-state index contributed by atoms with van der Waals surface area (Å²) in [5.74, 6) is -0.280. The molecule has 2 rings (SSSR count). The lowest BCUT2D eigenvalue weighted by Gasteiger charge is -2.06. The Morgan fingerprint density at radius 1 is 0.731 bits per heavy atom. The molecule has 0 aromatic heterocycles. The zero-order chi connectivity index (χ0) is 18.8. The highest BCUT2D eigenvalue weighted by Crippen LogP contribution is 2.24. The topological polar surface area (TPSA) is 83.8 Å². The van der Waals surface area contributed by atoms with Crippen molar-refractivity contribution in [3.05, 3.63) is 48.5 Å². The lowest BCUT2D eigenvalue weighted by molar-refractivity contribution is -0.137. The van der Waals surface area contributed by atoms with Gasteiger partial charge in [0.05, 0.1) is 0 Å². The fourth-order valence-corrected chi connectivity index (χ4v) is 2.63. The molecule has 0 bridgehead atoms. The maximum absolute atomic E-state index is 11.9. The number of phenolic OH excluding ortho intramolecular Hbond substituents is 1. The first-order valence-corrected chi connectivity index (χ1v) is 8.86. The van der Waals surface area contributed by atoms with E-state index in [4.69, 9.17) is 9.84 Å². The van der Waals surface area contributed by atoms with Crippen LogP contribution in [0.5, 0.6) is 11.5 Å². The maximum Gasteiger partial charge on any atom is 0.311 e. The summed E-state index contributed by atoms with van der Waals surface area (Å²) in [5, 5.41) is 17.9. The largest absolute Gasteiger partial charge is 0.508 e. The molecule has 0 atom stereocenters. The van der Waals surface area contributed by atoms with E-state index in [2.05, 4.69) is 0 Å². The number of carboxylic acid groups (broad SMARTS) is 1. The summed E-state index contributed by atoms with van der Waals surface area (Å²) in [6.45, 7) is 0. The van der Waals surface area contributed by atoms with Gasteiger partial charge in [-0.3, -0.25) is 9.59 Å². The van der Waals surface area contributed by atoms with Crippen LogP contribution in [0.2, 0.25) is 0 Å². The van der Waals surface area contributed by atoms with Crippen LogP contribution in [-0.4, -0.2) is 22.2 Å². The number of rotatable bonds is 10. The van der Waals surface area contributed by atoms with Gasteiger partial charge in [0.25, 0.3) is 0 Å². The Labute approximate surface area is 153 Å². The van der Waals surface area contributed by atoms with Crippen LogP contribution in [0, 0.1) is 0 Å². The van der Waals surface area contributed by atoms with Gasteiger partial charge in [0.15, 0.2) is 0 Å². The average Bonchev–Trinajstić information content (AvgIpc) is 2.62. The van der Waals surface area contributed by atoms with E-state index < -0.39 is 5.97 Å². The van der Waals surface area contributed by atoms with Crippen LogP contribution < -0.4 is 4.74 Å². The molecule has 138 valence electrons. The van der Waals surface area contributed by atoms with E-state index in [1.807, 2.05) is 24.3 Å². The number of carbonyl (C=O) groups is 2. The van der Waals surface area contributed by atoms with Crippen molar-refractivity contribution in [1.29, 1.82) is 0 Å². The highest BCUT2D eigenvalue weighted by Gasteiger charge is 2.06. The zero-order valence-electron chi connectivity index (χ0n) is 14.7. The molecule has 5 heteroatoms. The lowest BCUT2D eigenvalue weighted by Crippen LogP contribution is -2.07. The number of aromatic hydroxyl groups is 1. The molecule has 0 radical (unpaired) electrons. The smallest absolute Gasteiger partial charge is 0.311 e. The SMILES string of the molecule is O=C(O)CCCCCCCC(=O)Oc1ccc(-c2ccc(O)cc2)cc1. The highest BCUT2D eigenvalue weighted by molar-refractivity contribution is 5.73. The number of unbranched alkanes of at least 4 members (excludes halogenated alkanes) is 4. The molecule has 0 amide bonds. The fraction of sp³-hybridized carbons (Fsp3) is 0.333. The fourth-order valence-electron chi connectivity index (χ4n) is 2.63. The highest BCUT2D eigenvalue weighted by atomic mass is 16.5. The first-order chi connectivity index (χ1) is 12.5. The Kier molecular flexibility index (Phi) is 7.68. The van der Waals surface area contributed by atoms with Crippen molar-refractivity contribution in [2.75, 3.05) is 0 Å². The van der Waals surface area contributed by atoms with Crippen LogP contribution >= 0.6 is 0 Å². The van der Waals surface area contributed by atoms with Crippen LogP contribution in [0.4, 0.5) is 0 Å². The van der Waals surface area contributed by atoms with Crippen molar-refractivity contribution in [2.24, 2.45) is 0 Å². The van der Waals surface area contributed by atoms with Gasteiger partial charge < -0.3 is 14.9 Å². The second-order valence-electron chi connectivity index (χ2n) is 6.21. The van der Waals surface area contributed by atoms with Crippen molar-refractivity contribution in [3.8, 4) is 22.6 Å². The molecule has 0 aliphatic carbocycles. The Morgan fingerprint density at radius 3 is 1.81 bits per heavy atom. The van der Waals surface area contributed by atoms with Gasteiger partial charge in [-0.05, 0) is 48.2 Å². The van der Waals surface area contributed by atoms with E-state index in [-0.39, 0.29) is 18.1 Å². The van der Waals surface area contributed by atoms with Crippen molar-refractivity contribution in [2.45, 2.75) is 44.9 Å². The van der Waals surface area contributed by atoms with E-state index in [0.717, 1.165) is 36.8 Å². The normalized spacial score (nSPS) is 10.5. The van der Waals surface area contributed by atoms with Crippen LogP contribution in [0.15, 0.2) is 48.5 Å². The number of hydrogen-bond acceptors (Lipinski definition) is 4. The van der Waals surface area contributed by atoms with Gasteiger partial charge in [-0.1, -0.05) is 43.5 Å². The summed E-state index contributed by atoms with van der Waals surface area (Å²) in [4.78, 5) is 22.3. The molecule has 0 saturated carbocycles. The van der Waals surface area contributed by atoms with Gasteiger partial charge in [-0.15, -0.1) is 0 Å². The number of ether oxygens (including phenoxy) is 1. The Balaban J connectivity index is 1.69. The number of benzene rings is 2. The minimum absolute atomic E-state index is 0.210. The number of carboxylic acids is 1. The van der Waals surface area contributed by atoms with E-state index in [1.54, 1.807) is 24.3 Å². The van der Waals surface area contributed by atoms with Crippen molar-refractivity contribution < 1.29 is 24.5 Å². The van der Waals surface area contributed by atoms with Crippen LogP contribution in [0.25, 0.3) is 11.1 Å². The number of phenols is 1. The molecular formula is C21H24O5. The van der Waals surface area contributed by atoms with Crippen LogP contribution in [-0.2, 0) is 9.59 Å². The first kappa shape index (κ1) is 19.5. The van der Waals surface area contributed by atoms with E-state index in [0.29, 0.717) is 18.6 Å². The molecule has 0 spiro atoms. The Hall–Kier alpha value is -2.82. The summed E-state index contributed by atoms with van der Waals surface area (Å²) in [6, 6.07) is 14.2. The van der Waals surface area contributed by atoms with Gasteiger partial charge in [0.2, 0.25) is 0 Å². The average molecular weight is 356 g/mol. The second kappa shape index (κ2) is 10.2. The molecule has 0 heterocycles. The standard InChI is InChI=1S/C21H24O5/c22-18-12-8-16(9-13-18)17-10-14-19(15-11-17)26-21(25)7-5-3-1-2-4-6-20(23)24/h8-15,22H,1-7H2,(H,23,24). The zero-order valence-corrected chi connectivity index (χ0v) is 14.7. The van der Waals surface area contributed by atoms with Crippen molar-refractivity contribution >= 4 is 11.9 Å². The molecule has 2 N–H and O–H groups in total. The molecule has 26 heavy (non-hydrogen) atoms. The van der Waals surface area contributed by atoms with Crippen molar-refractivity contribution in [3.63, 3.8) is 0 Å². The third-order valence-corrected chi connectivity index (χ3v) is 4.06. The summed E-state index contributed by atoms with van der Waals surface area (Å²) in [7, 11) is 0. The maximum atomic E-state index is 11.9. The molecular weight excluding hydrogens is 332 g/mol. The number of aliphatic carboxylic acids is 1. The molecule has 0 fully saturated rings. The van der Waals surface area contributed by atoms with E-state index >= 15 is 0 Å². The lowest BCUT2D eigenvalue weighted by atomic mass is 10.1. The Morgan fingerprint density at radius 2 is 1.23 bits per heavy atom. The third-order valence-electron chi connectivity index (χ3n) is 4.06. The summed E-state index contributed by atoms with van der Waals surface area (Å²) >= 11 is 0. The molecule has 0 unspecified atom stereocenters. The summed E-state index contributed by atoms with van der Waals surface area (Å²) in [6.07, 6.45) is 4.71. The summed E-state index contributed by atoms with van der Waals surface area (Å²) < 4.78 is 5.33. The van der Waals surface area contributed by atoms with Gasteiger partial charge in [-0.25, -0.2) is 0 Å². The Bertz CT molecular complexity index is 704. The second-order valence-corrected chi connectivity index (χ2v) is 6.21. The molecule has 2 aromatic carbocycles.